The summed E-state index contributed by atoms with van der Waals surface area (Å²) in [6.45, 7) is 23.0. The zero-order chi connectivity index (χ0) is 16.2. The van der Waals surface area contributed by atoms with Gasteiger partial charge < -0.3 is 5.73 Å². The van der Waals surface area contributed by atoms with Gasteiger partial charge >= 0.3 is 0 Å². The van der Waals surface area contributed by atoms with Crippen LogP contribution in [0.2, 0.25) is 0 Å². The molecule has 0 aliphatic carbocycles. The van der Waals surface area contributed by atoms with Crippen molar-refractivity contribution >= 4 is 0 Å². The lowest BCUT2D eigenvalue weighted by atomic mass is 9.57. The molecule has 0 heterocycles. The Morgan fingerprint density at radius 3 is 1.80 bits per heavy atom. The maximum absolute atomic E-state index is 5.80. The Morgan fingerprint density at radius 2 is 1.45 bits per heavy atom. The standard InChI is InChI=1S/C19H39N/c1-10-17(4,5)14-16(18(6,7)11-2)19(8,9)13-12-15(3)20/h16H,3,10-14,20H2,1-2,4-9H3. The smallest absolute Gasteiger partial charge is 0.000764 e. The molecule has 1 heteroatoms. The quantitative estimate of drug-likeness (QED) is 0.539. The molecule has 0 aromatic rings. The third kappa shape index (κ3) is 5.89. The van der Waals surface area contributed by atoms with Crippen LogP contribution >= 0.6 is 0 Å². The van der Waals surface area contributed by atoms with Gasteiger partial charge in [-0.1, -0.05) is 74.8 Å². The predicted molar refractivity (Wildman–Crippen MR) is 92.6 cm³/mol. The summed E-state index contributed by atoms with van der Waals surface area (Å²) >= 11 is 0. The molecule has 0 rings (SSSR count). The Bertz CT molecular complexity index is 310. The monoisotopic (exact) mass is 281 g/mol. The van der Waals surface area contributed by atoms with Gasteiger partial charge in [-0.3, -0.25) is 0 Å². The summed E-state index contributed by atoms with van der Waals surface area (Å²) in [6.07, 6.45) is 5.83. The van der Waals surface area contributed by atoms with Crippen molar-refractivity contribution in [1.82, 2.24) is 0 Å². The molecule has 0 amide bonds. The number of hydrogen-bond donors (Lipinski definition) is 1. The summed E-state index contributed by atoms with van der Waals surface area (Å²) < 4.78 is 0. The van der Waals surface area contributed by atoms with Gasteiger partial charge in [0.1, 0.15) is 0 Å². The minimum atomic E-state index is 0.300. The molecular formula is C19H39N. The molecule has 120 valence electrons. The summed E-state index contributed by atoms with van der Waals surface area (Å²) in [6, 6.07) is 0. The fourth-order valence-electron chi connectivity index (χ4n) is 3.21. The second kappa shape index (κ2) is 7.00. The average Bonchev–Trinajstić information content (AvgIpc) is 2.33. The van der Waals surface area contributed by atoms with Crippen molar-refractivity contribution in [2.75, 3.05) is 0 Å². The molecule has 0 spiro atoms. The molecule has 0 bridgehead atoms. The van der Waals surface area contributed by atoms with Crippen LogP contribution in [0, 0.1) is 22.2 Å². The maximum Gasteiger partial charge on any atom is 0.000764 e. The highest BCUT2D eigenvalue weighted by atomic mass is 14.6. The molecule has 0 aromatic heterocycles. The zero-order valence-corrected chi connectivity index (χ0v) is 15.4. The van der Waals surface area contributed by atoms with E-state index in [1.807, 2.05) is 0 Å². The summed E-state index contributed by atoms with van der Waals surface area (Å²) in [5.74, 6) is 0.703. The zero-order valence-electron chi connectivity index (χ0n) is 15.4. The molecule has 0 saturated heterocycles. The van der Waals surface area contributed by atoms with E-state index in [1.165, 1.54) is 19.3 Å². The Labute approximate surface area is 128 Å². The molecule has 2 N–H and O–H groups in total. The number of allylic oxidation sites excluding steroid dienone is 1. The largest absolute Gasteiger partial charge is 0.403 e. The summed E-state index contributed by atoms with van der Waals surface area (Å²) in [5.41, 5.74) is 7.70. The minimum absolute atomic E-state index is 0.300. The van der Waals surface area contributed by atoms with Crippen molar-refractivity contribution in [3.05, 3.63) is 12.3 Å². The van der Waals surface area contributed by atoms with Gasteiger partial charge in [0.25, 0.3) is 0 Å². The normalized spacial score (nSPS) is 15.2. The van der Waals surface area contributed by atoms with Crippen LogP contribution in [0.5, 0.6) is 0 Å². The number of rotatable bonds is 9. The Morgan fingerprint density at radius 1 is 0.950 bits per heavy atom. The van der Waals surface area contributed by atoms with E-state index in [0.717, 1.165) is 18.5 Å². The van der Waals surface area contributed by atoms with E-state index in [4.69, 9.17) is 5.73 Å². The van der Waals surface area contributed by atoms with Gasteiger partial charge in [0.15, 0.2) is 0 Å². The third-order valence-corrected chi connectivity index (χ3v) is 5.60. The van der Waals surface area contributed by atoms with Crippen LogP contribution in [-0.2, 0) is 0 Å². The van der Waals surface area contributed by atoms with Gasteiger partial charge in [0, 0.05) is 5.70 Å². The summed E-state index contributed by atoms with van der Waals surface area (Å²) in [5, 5.41) is 0. The van der Waals surface area contributed by atoms with E-state index < -0.39 is 0 Å². The van der Waals surface area contributed by atoms with Crippen molar-refractivity contribution < 1.29 is 0 Å². The van der Waals surface area contributed by atoms with Gasteiger partial charge in [0.05, 0.1) is 0 Å². The van der Waals surface area contributed by atoms with Crippen LogP contribution < -0.4 is 5.73 Å². The van der Waals surface area contributed by atoms with Crippen LogP contribution in [0.4, 0.5) is 0 Å². The lowest BCUT2D eigenvalue weighted by Gasteiger charge is -2.48. The van der Waals surface area contributed by atoms with Gasteiger partial charge in [-0.2, -0.15) is 0 Å². The Balaban J connectivity index is 5.25. The molecule has 1 nitrogen and oxygen atoms in total. The molecule has 0 saturated carbocycles. The van der Waals surface area contributed by atoms with Gasteiger partial charge in [-0.15, -0.1) is 0 Å². The van der Waals surface area contributed by atoms with Gasteiger partial charge in [0.2, 0.25) is 0 Å². The SMILES string of the molecule is C=C(N)CCC(C)(C)C(CC(C)(C)CC)C(C)(C)CC. The third-order valence-electron chi connectivity index (χ3n) is 5.60. The molecule has 0 fully saturated rings. The van der Waals surface area contributed by atoms with Crippen molar-refractivity contribution in [3.63, 3.8) is 0 Å². The number of hydrogen-bond acceptors (Lipinski definition) is 1. The van der Waals surface area contributed by atoms with Crippen LogP contribution in [0.1, 0.15) is 87.5 Å². The first kappa shape index (κ1) is 19.5. The molecule has 20 heavy (non-hydrogen) atoms. The lowest BCUT2D eigenvalue weighted by molar-refractivity contribution is 0.0213. The van der Waals surface area contributed by atoms with Crippen molar-refractivity contribution in [3.8, 4) is 0 Å². The van der Waals surface area contributed by atoms with Crippen LogP contribution in [-0.4, -0.2) is 0 Å². The topological polar surface area (TPSA) is 26.0 Å². The van der Waals surface area contributed by atoms with E-state index in [0.29, 0.717) is 22.2 Å². The second-order valence-electron chi connectivity index (χ2n) is 8.76. The van der Waals surface area contributed by atoms with Crippen LogP contribution in [0.25, 0.3) is 0 Å². The van der Waals surface area contributed by atoms with Crippen LogP contribution in [0.3, 0.4) is 0 Å². The summed E-state index contributed by atoms with van der Waals surface area (Å²) in [7, 11) is 0. The second-order valence-corrected chi connectivity index (χ2v) is 8.76. The molecule has 0 radical (unpaired) electrons. The Hall–Kier alpha value is -0.460. The first-order valence-corrected chi connectivity index (χ1v) is 8.31. The fourth-order valence-corrected chi connectivity index (χ4v) is 3.21. The Kier molecular flexibility index (Phi) is 6.84. The van der Waals surface area contributed by atoms with Crippen molar-refractivity contribution in [2.45, 2.75) is 87.5 Å². The highest BCUT2D eigenvalue weighted by molar-refractivity contribution is 4.95. The highest BCUT2D eigenvalue weighted by Crippen LogP contribution is 2.51. The molecule has 0 aliphatic rings. The molecule has 0 aliphatic heterocycles. The van der Waals surface area contributed by atoms with Crippen LogP contribution in [0.15, 0.2) is 12.3 Å². The molecule has 1 unspecified atom stereocenters. The predicted octanol–water partition coefficient (Wildman–Crippen LogP) is 6.14. The first-order chi connectivity index (χ1) is 8.88. The first-order valence-electron chi connectivity index (χ1n) is 8.31. The van der Waals surface area contributed by atoms with E-state index in [-0.39, 0.29) is 0 Å². The van der Waals surface area contributed by atoms with Gasteiger partial charge in [-0.05, 0) is 41.4 Å². The lowest BCUT2D eigenvalue weighted by Crippen LogP contribution is -2.39. The minimum Gasteiger partial charge on any atom is -0.403 e. The summed E-state index contributed by atoms with van der Waals surface area (Å²) in [4.78, 5) is 0. The van der Waals surface area contributed by atoms with E-state index in [2.05, 4.69) is 62.0 Å². The number of nitrogens with two attached hydrogens (primary N) is 1. The fraction of sp³-hybridized carbons (Fsp3) is 0.895. The molecule has 1 atom stereocenters. The van der Waals surface area contributed by atoms with Crippen molar-refractivity contribution in [1.29, 1.82) is 0 Å². The molecule has 0 aromatic carbocycles. The maximum atomic E-state index is 5.80. The van der Waals surface area contributed by atoms with E-state index in [9.17, 15) is 0 Å². The average molecular weight is 282 g/mol. The van der Waals surface area contributed by atoms with Crippen molar-refractivity contribution in [2.24, 2.45) is 27.9 Å². The van der Waals surface area contributed by atoms with E-state index >= 15 is 0 Å². The van der Waals surface area contributed by atoms with Gasteiger partial charge in [-0.25, -0.2) is 0 Å². The molecular weight excluding hydrogens is 242 g/mol. The van der Waals surface area contributed by atoms with E-state index in [1.54, 1.807) is 0 Å². The highest BCUT2D eigenvalue weighted by Gasteiger charge is 2.41.